The van der Waals surface area contributed by atoms with Crippen molar-refractivity contribution >= 4 is 59.5 Å². The Balaban J connectivity index is 1.24. The first-order valence-corrected chi connectivity index (χ1v) is 14.6. The van der Waals surface area contributed by atoms with E-state index in [0.717, 1.165) is 28.0 Å². The van der Waals surface area contributed by atoms with E-state index >= 15 is 0 Å². The predicted molar refractivity (Wildman–Crippen MR) is 175 cm³/mol. The Morgan fingerprint density at radius 1 is 0.439 bits per heavy atom. The molecule has 194 valence electrons. The molecule has 8 aromatic rings. The van der Waals surface area contributed by atoms with E-state index in [1.54, 1.807) is 6.26 Å². The molecule has 41 heavy (non-hydrogen) atoms. The Hall–Kier alpha value is -5.12. The smallest absolute Gasteiger partial charge is 0.135 e. The minimum atomic E-state index is 0.875. The largest absolute Gasteiger partial charge is 0.464 e. The van der Waals surface area contributed by atoms with Gasteiger partial charge < -0.3 is 9.32 Å². The number of benzene rings is 6. The van der Waals surface area contributed by atoms with Crippen molar-refractivity contribution in [3.8, 4) is 22.3 Å². The van der Waals surface area contributed by atoms with Gasteiger partial charge in [0.05, 0.1) is 12.0 Å². The van der Waals surface area contributed by atoms with Crippen molar-refractivity contribution in [2.24, 2.45) is 0 Å². The van der Waals surface area contributed by atoms with Gasteiger partial charge in [0.15, 0.2) is 0 Å². The number of hydrogen-bond donors (Lipinski definition) is 0. The summed E-state index contributed by atoms with van der Waals surface area (Å²) in [5, 5.41) is 3.72. The van der Waals surface area contributed by atoms with Crippen molar-refractivity contribution in [1.29, 1.82) is 0 Å². The molecular formula is C38H25NOS. The highest BCUT2D eigenvalue weighted by molar-refractivity contribution is 7.25. The second-order valence-corrected chi connectivity index (χ2v) is 11.3. The first-order valence-electron chi connectivity index (χ1n) is 13.8. The lowest BCUT2D eigenvalue weighted by Gasteiger charge is -2.27. The van der Waals surface area contributed by atoms with Gasteiger partial charge in [-0.1, -0.05) is 84.9 Å². The van der Waals surface area contributed by atoms with Crippen LogP contribution in [-0.2, 0) is 0 Å². The fourth-order valence-electron chi connectivity index (χ4n) is 5.76. The molecule has 0 saturated heterocycles. The van der Waals surface area contributed by atoms with E-state index in [-0.39, 0.29) is 0 Å². The van der Waals surface area contributed by atoms with Gasteiger partial charge in [-0.15, -0.1) is 11.3 Å². The van der Waals surface area contributed by atoms with Crippen LogP contribution in [0.25, 0.3) is 53.4 Å². The van der Waals surface area contributed by atoms with Crippen LogP contribution in [0.15, 0.2) is 156 Å². The summed E-state index contributed by atoms with van der Waals surface area (Å²) in [5.74, 6) is 0. The monoisotopic (exact) mass is 543 g/mol. The van der Waals surface area contributed by atoms with Gasteiger partial charge in [-0.05, 0) is 82.9 Å². The summed E-state index contributed by atoms with van der Waals surface area (Å²) in [5.41, 5.74) is 8.95. The van der Waals surface area contributed by atoms with E-state index in [0.29, 0.717) is 0 Å². The van der Waals surface area contributed by atoms with Crippen LogP contribution in [0.4, 0.5) is 17.1 Å². The van der Waals surface area contributed by atoms with Crippen LogP contribution >= 0.6 is 11.3 Å². The van der Waals surface area contributed by atoms with Crippen molar-refractivity contribution in [2.75, 3.05) is 4.90 Å². The summed E-state index contributed by atoms with van der Waals surface area (Å²) in [6.45, 7) is 0. The number of anilines is 3. The number of thiophene rings is 1. The average molecular weight is 544 g/mol. The van der Waals surface area contributed by atoms with E-state index in [4.69, 9.17) is 4.42 Å². The zero-order valence-electron chi connectivity index (χ0n) is 22.2. The standard InChI is InChI=1S/C38H25NOS/c1-2-8-26(9-3-1)28-10-6-11-31(24-28)39(35-13-7-14-36-33(35)22-23-40-36)30-19-16-27(17-20-30)29-18-21-38-34(25-29)32-12-4-5-15-37(32)41-38/h1-25H. The van der Waals surface area contributed by atoms with E-state index < -0.39 is 0 Å². The van der Waals surface area contributed by atoms with Crippen molar-refractivity contribution in [2.45, 2.75) is 0 Å². The molecule has 0 aliphatic carbocycles. The molecule has 2 heterocycles. The number of nitrogens with zero attached hydrogens (tertiary/aromatic N) is 1. The summed E-state index contributed by atoms with van der Waals surface area (Å²) >= 11 is 1.85. The molecule has 0 atom stereocenters. The van der Waals surface area contributed by atoms with Crippen LogP contribution in [0.2, 0.25) is 0 Å². The molecule has 0 spiro atoms. The second-order valence-electron chi connectivity index (χ2n) is 10.2. The minimum absolute atomic E-state index is 0.875. The molecule has 0 N–H and O–H groups in total. The van der Waals surface area contributed by atoms with E-state index in [1.807, 2.05) is 23.5 Å². The number of furan rings is 1. The zero-order valence-corrected chi connectivity index (χ0v) is 23.0. The van der Waals surface area contributed by atoms with Gasteiger partial charge in [0.1, 0.15) is 5.58 Å². The fraction of sp³-hybridized carbons (Fsp3) is 0. The molecule has 8 rings (SSSR count). The quantitative estimate of drug-likeness (QED) is 0.215. The van der Waals surface area contributed by atoms with Crippen LogP contribution in [0, 0.1) is 0 Å². The molecule has 0 radical (unpaired) electrons. The van der Waals surface area contributed by atoms with Crippen LogP contribution < -0.4 is 4.90 Å². The molecule has 3 heteroatoms. The highest BCUT2D eigenvalue weighted by Gasteiger charge is 2.17. The van der Waals surface area contributed by atoms with Gasteiger partial charge in [0, 0.05) is 36.9 Å². The molecule has 2 aromatic heterocycles. The maximum atomic E-state index is 5.78. The molecule has 6 aromatic carbocycles. The second kappa shape index (κ2) is 9.81. The Morgan fingerprint density at radius 3 is 2.05 bits per heavy atom. The first kappa shape index (κ1) is 23.7. The summed E-state index contributed by atoms with van der Waals surface area (Å²) in [7, 11) is 0. The lowest BCUT2D eigenvalue weighted by Crippen LogP contribution is -2.10. The first-order chi connectivity index (χ1) is 20.3. The van der Waals surface area contributed by atoms with E-state index in [9.17, 15) is 0 Å². The molecular weight excluding hydrogens is 518 g/mol. The summed E-state index contributed by atoms with van der Waals surface area (Å²) in [6.07, 6.45) is 1.76. The lowest BCUT2D eigenvalue weighted by molar-refractivity contribution is 0.616. The van der Waals surface area contributed by atoms with Gasteiger partial charge in [-0.25, -0.2) is 0 Å². The summed E-state index contributed by atoms with van der Waals surface area (Å²) in [6, 6.07) is 52.0. The molecule has 0 aliphatic heterocycles. The van der Waals surface area contributed by atoms with Gasteiger partial charge in [-0.3, -0.25) is 0 Å². The van der Waals surface area contributed by atoms with Gasteiger partial charge >= 0.3 is 0 Å². The molecule has 0 bridgehead atoms. The molecule has 2 nitrogen and oxygen atoms in total. The third-order valence-corrected chi connectivity index (χ3v) is 8.91. The minimum Gasteiger partial charge on any atom is -0.464 e. The van der Waals surface area contributed by atoms with Crippen LogP contribution in [0.1, 0.15) is 0 Å². The maximum Gasteiger partial charge on any atom is 0.135 e. The molecule has 0 unspecified atom stereocenters. The van der Waals surface area contributed by atoms with E-state index in [1.165, 1.54) is 42.4 Å². The zero-order chi connectivity index (χ0) is 27.2. The normalized spacial score (nSPS) is 11.4. The highest BCUT2D eigenvalue weighted by atomic mass is 32.1. The van der Waals surface area contributed by atoms with Crippen molar-refractivity contribution in [3.63, 3.8) is 0 Å². The fourth-order valence-corrected chi connectivity index (χ4v) is 6.85. The Bertz CT molecular complexity index is 2160. The van der Waals surface area contributed by atoms with Crippen molar-refractivity contribution < 1.29 is 4.42 Å². The Morgan fingerprint density at radius 2 is 1.15 bits per heavy atom. The third kappa shape index (κ3) is 4.19. The summed E-state index contributed by atoms with van der Waals surface area (Å²) < 4.78 is 8.44. The van der Waals surface area contributed by atoms with Crippen LogP contribution in [0.5, 0.6) is 0 Å². The van der Waals surface area contributed by atoms with Gasteiger partial charge in [0.25, 0.3) is 0 Å². The lowest BCUT2D eigenvalue weighted by atomic mass is 10.0. The molecule has 0 saturated carbocycles. The van der Waals surface area contributed by atoms with E-state index in [2.05, 4.69) is 138 Å². The predicted octanol–water partition coefficient (Wildman–Crippen LogP) is 11.6. The highest BCUT2D eigenvalue weighted by Crippen LogP contribution is 2.41. The maximum absolute atomic E-state index is 5.78. The van der Waals surface area contributed by atoms with Gasteiger partial charge in [0.2, 0.25) is 0 Å². The number of hydrogen-bond acceptors (Lipinski definition) is 3. The van der Waals surface area contributed by atoms with Crippen molar-refractivity contribution in [3.05, 3.63) is 152 Å². The third-order valence-electron chi connectivity index (χ3n) is 7.76. The molecule has 0 fully saturated rings. The van der Waals surface area contributed by atoms with Crippen molar-refractivity contribution in [1.82, 2.24) is 0 Å². The van der Waals surface area contributed by atoms with Crippen LogP contribution in [0.3, 0.4) is 0 Å². The number of fused-ring (bicyclic) bond motifs is 4. The summed E-state index contributed by atoms with van der Waals surface area (Å²) in [4.78, 5) is 2.32. The SMILES string of the molecule is c1ccc(-c2cccc(N(c3ccc(-c4ccc5sc6ccccc6c5c4)cc3)c3cccc4occc34)c2)cc1. The Kier molecular flexibility index (Phi) is 5.68. The Labute approximate surface area is 242 Å². The topological polar surface area (TPSA) is 16.4 Å². The van der Waals surface area contributed by atoms with Crippen LogP contribution in [-0.4, -0.2) is 0 Å². The van der Waals surface area contributed by atoms with Gasteiger partial charge in [-0.2, -0.15) is 0 Å². The molecule has 0 amide bonds. The number of rotatable bonds is 5. The molecule has 0 aliphatic rings. The average Bonchev–Trinajstić information content (AvgIpc) is 3.67.